The molecule has 0 radical (unpaired) electrons. The Hall–Kier alpha value is -3.60. The van der Waals surface area contributed by atoms with Crippen molar-refractivity contribution in [2.45, 2.75) is 26.1 Å². The lowest BCUT2D eigenvalue weighted by Crippen LogP contribution is -2.32. The standard InChI is InChI=1S/C25H23ClN6O3S/c1-14-5-7-18(15(2)29-14)25(33,20-12-28-31-32(20)3)16-6-8-19-17(11-16)22(26)23(24(30-19)34-4)35-13-21-27-9-10-36-21/h5-12,33H,13H2,1-4H3. The highest BCUT2D eigenvalue weighted by Crippen LogP contribution is 2.43. The highest BCUT2D eigenvalue weighted by molar-refractivity contribution is 7.09. The average Bonchev–Trinajstić information content (AvgIpc) is 3.54. The maximum atomic E-state index is 12.3. The first kappa shape index (κ1) is 24.1. The first-order chi connectivity index (χ1) is 17.3. The van der Waals surface area contributed by atoms with Crippen LogP contribution in [0.15, 0.2) is 48.1 Å². The monoisotopic (exact) mass is 522 g/mol. The van der Waals surface area contributed by atoms with Crippen LogP contribution in [0.5, 0.6) is 11.6 Å². The van der Waals surface area contributed by atoms with Crippen LogP contribution >= 0.6 is 22.9 Å². The molecule has 184 valence electrons. The Labute approximate surface area is 216 Å². The second kappa shape index (κ2) is 9.45. The molecule has 1 aromatic carbocycles. The van der Waals surface area contributed by atoms with Gasteiger partial charge in [-0.05, 0) is 37.6 Å². The second-order valence-electron chi connectivity index (χ2n) is 8.25. The molecule has 0 bridgehead atoms. The highest BCUT2D eigenvalue weighted by atomic mass is 35.5. The maximum absolute atomic E-state index is 12.3. The Kier molecular flexibility index (Phi) is 6.33. The molecule has 4 aromatic heterocycles. The van der Waals surface area contributed by atoms with Gasteiger partial charge in [-0.15, -0.1) is 16.4 Å². The van der Waals surface area contributed by atoms with Gasteiger partial charge in [0.25, 0.3) is 5.88 Å². The fourth-order valence-electron chi connectivity index (χ4n) is 4.26. The topological polar surface area (TPSA) is 108 Å². The lowest BCUT2D eigenvalue weighted by Gasteiger charge is -2.30. The summed E-state index contributed by atoms with van der Waals surface area (Å²) in [6.07, 6.45) is 3.25. The van der Waals surface area contributed by atoms with E-state index in [1.165, 1.54) is 18.4 Å². The van der Waals surface area contributed by atoms with Gasteiger partial charge in [0, 0.05) is 41.0 Å². The lowest BCUT2D eigenvalue weighted by atomic mass is 9.82. The van der Waals surface area contributed by atoms with Crippen molar-refractivity contribution < 1.29 is 14.6 Å². The van der Waals surface area contributed by atoms with Crippen molar-refractivity contribution in [2.75, 3.05) is 7.11 Å². The van der Waals surface area contributed by atoms with Crippen molar-refractivity contribution in [3.05, 3.63) is 86.3 Å². The molecule has 5 rings (SSSR count). The van der Waals surface area contributed by atoms with E-state index >= 15 is 0 Å². The Morgan fingerprint density at radius 3 is 2.67 bits per heavy atom. The molecule has 0 saturated carbocycles. The van der Waals surface area contributed by atoms with Gasteiger partial charge in [-0.2, -0.15) is 0 Å². The summed E-state index contributed by atoms with van der Waals surface area (Å²) in [6, 6.07) is 9.11. The molecule has 0 amide bonds. The third-order valence-electron chi connectivity index (χ3n) is 5.98. The molecular weight excluding hydrogens is 500 g/mol. The minimum atomic E-state index is -1.61. The number of aromatic nitrogens is 6. The molecule has 0 aliphatic heterocycles. The molecule has 0 spiro atoms. The zero-order valence-electron chi connectivity index (χ0n) is 20.1. The summed E-state index contributed by atoms with van der Waals surface area (Å²) in [5.74, 6) is 0.569. The SMILES string of the molecule is COc1nc2ccc(C(O)(c3ccc(C)nc3C)c3cnnn3C)cc2c(Cl)c1OCc1nccs1. The predicted octanol–water partition coefficient (Wildman–Crippen LogP) is 4.36. The number of rotatable bonds is 7. The smallest absolute Gasteiger partial charge is 0.258 e. The van der Waals surface area contributed by atoms with Gasteiger partial charge in [0.15, 0.2) is 5.60 Å². The number of ether oxygens (including phenoxy) is 2. The molecule has 4 heterocycles. The fraction of sp³-hybridized carbons (Fsp3) is 0.240. The molecule has 0 fully saturated rings. The molecule has 1 atom stereocenters. The number of hydrogen-bond acceptors (Lipinski definition) is 9. The van der Waals surface area contributed by atoms with Crippen LogP contribution in [-0.2, 0) is 19.3 Å². The zero-order chi connectivity index (χ0) is 25.4. The van der Waals surface area contributed by atoms with Gasteiger partial charge in [0.2, 0.25) is 5.75 Å². The molecule has 0 aliphatic carbocycles. The number of aryl methyl sites for hydroxylation is 3. The first-order valence-electron chi connectivity index (χ1n) is 11.0. The van der Waals surface area contributed by atoms with Crippen LogP contribution in [0.3, 0.4) is 0 Å². The van der Waals surface area contributed by atoms with Crippen molar-refractivity contribution in [3.8, 4) is 11.6 Å². The van der Waals surface area contributed by atoms with Gasteiger partial charge >= 0.3 is 0 Å². The van der Waals surface area contributed by atoms with Crippen molar-refractivity contribution >= 4 is 33.8 Å². The van der Waals surface area contributed by atoms with E-state index in [2.05, 4.69) is 25.3 Å². The van der Waals surface area contributed by atoms with E-state index in [1.807, 2.05) is 31.4 Å². The first-order valence-corrected chi connectivity index (χ1v) is 12.3. The van der Waals surface area contributed by atoms with Crippen LogP contribution in [0.2, 0.25) is 5.02 Å². The van der Waals surface area contributed by atoms with Crippen molar-refractivity contribution in [2.24, 2.45) is 7.05 Å². The van der Waals surface area contributed by atoms with Crippen molar-refractivity contribution in [3.63, 3.8) is 0 Å². The number of hydrogen-bond donors (Lipinski definition) is 1. The third-order valence-corrected chi connectivity index (χ3v) is 7.11. The molecular formula is C25H23ClN6O3S. The lowest BCUT2D eigenvalue weighted by molar-refractivity contribution is 0.115. The number of thiazole rings is 1. The van der Waals surface area contributed by atoms with Gasteiger partial charge in [0.05, 0.1) is 29.5 Å². The quantitative estimate of drug-likeness (QED) is 0.336. The van der Waals surface area contributed by atoms with Crippen LogP contribution in [0.1, 0.15) is 33.2 Å². The molecule has 1 unspecified atom stereocenters. The summed E-state index contributed by atoms with van der Waals surface area (Å²) in [7, 11) is 3.24. The maximum Gasteiger partial charge on any atom is 0.258 e. The third kappa shape index (κ3) is 4.06. The number of aliphatic hydroxyl groups is 1. The number of halogens is 1. The van der Waals surface area contributed by atoms with E-state index in [-0.39, 0.29) is 12.5 Å². The molecule has 36 heavy (non-hydrogen) atoms. The van der Waals surface area contributed by atoms with Crippen LogP contribution < -0.4 is 9.47 Å². The van der Waals surface area contributed by atoms with Crippen LogP contribution in [0, 0.1) is 13.8 Å². The van der Waals surface area contributed by atoms with Gasteiger partial charge in [-0.25, -0.2) is 14.6 Å². The Morgan fingerprint density at radius 1 is 1.17 bits per heavy atom. The van der Waals surface area contributed by atoms with E-state index in [4.69, 9.17) is 21.1 Å². The van der Waals surface area contributed by atoms with Gasteiger partial charge in [-0.3, -0.25) is 4.98 Å². The fourth-order valence-corrected chi connectivity index (χ4v) is 5.07. The Balaban J connectivity index is 1.70. The van der Waals surface area contributed by atoms with Crippen LogP contribution in [0.25, 0.3) is 10.9 Å². The number of pyridine rings is 2. The number of methoxy groups -OCH3 is 1. The highest BCUT2D eigenvalue weighted by Gasteiger charge is 2.39. The normalized spacial score (nSPS) is 13.1. The molecule has 9 nitrogen and oxygen atoms in total. The van der Waals surface area contributed by atoms with E-state index in [0.29, 0.717) is 44.2 Å². The van der Waals surface area contributed by atoms with E-state index in [9.17, 15) is 5.11 Å². The summed E-state index contributed by atoms with van der Waals surface area (Å²) >= 11 is 8.33. The minimum Gasteiger partial charge on any atom is -0.479 e. The summed E-state index contributed by atoms with van der Waals surface area (Å²) in [4.78, 5) is 13.4. The zero-order valence-corrected chi connectivity index (χ0v) is 21.6. The average molecular weight is 523 g/mol. The van der Waals surface area contributed by atoms with Crippen molar-refractivity contribution in [1.82, 2.24) is 29.9 Å². The predicted molar refractivity (Wildman–Crippen MR) is 137 cm³/mol. The molecule has 11 heteroatoms. The molecule has 0 aliphatic rings. The molecule has 0 saturated heterocycles. The molecule has 1 N–H and O–H groups in total. The van der Waals surface area contributed by atoms with Crippen molar-refractivity contribution in [1.29, 1.82) is 0 Å². The van der Waals surface area contributed by atoms with E-state index in [0.717, 1.165) is 10.7 Å². The largest absolute Gasteiger partial charge is 0.479 e. The number of benzene rings is 1. The summed E-state index contributed by atoms with van der Waals surface area (Å²) in [5, 5.41) is 24.0. The van der Waals surface area contributed by atoms with Crippen LogP contribution in [-0.4, -0.2) is 42.2 Å². The Bertz CT molecular complexity index is 1560. The van der Waals surface area contributed by atoms with Gasteiger partial charge in [-0.1, -0.05) is 28.9 Å². The second-order valence-corrected chi connectivity index (χ2v) is 9.61. The minimum absolute atomic E-state index is 0.222. The number of fused-ring (bicyclic) bond motifs is 1. The summed E-state index contributed by atoms with van der Waals surface area (Å²) in [5.41, 5.74) is 2.15. The van der Waals surface area contributed by atoms with E-state index < -0.39 is 5.60 Å². The Morgan fingerprint density at radius 2 is 2.00 bits per heavy atom. The van der Waals surface area contributed by atoms with Gasteiger partial charge < -0.3 is 14.6 Å². The van der Waals surface area contributed by atoms with E-state index in [1.54, 1.807) is 42.3 Å². The summed E-state index contributed by atoms with van der Waals surface area (Å²) < 4.78 is 13.0. The van der Waals surface area contributed by atoms with Crippen LogP contribution in [0.4, 0.5) is 0 Å². The number of nitrogens with zero attached hydrogens (tertiary/aromatic N) is 6. The van der Waals surface area contributed by atoms with Gasteiger partial charge in [0.1, 0.15) is 11.6 Å². The molecule has 5 aromatic rings. The summed E-state index contributed by atoms with van der Waals surface area (Å²) in [6.45, 7) is 3.99.